The van der Waals surface area contributed by atoms with Crippen molar-refractivity contribution in [2.45, 2.75) is 37.8 Å². The van der Waals surface area contributed by atoms with Crippen molar-refractivity contribution in [3.63, 3.8) is 0 Å². The number of rotatable bonds is 5. The SMILES string of the molecule is CN1C2C=C(N(CCc3c[nH]c4ccccc34)C(=O)c3cc(Cl)cc(Cl)c3)CC1CC2. The highest BCUT2D eigenvalue weighted by molar-refractivity contribution is 6.35. The van der Waals surface area contributed by atoms with E-state index in [2.05, 4.69) is 41.3 Å². The number of hydrogen-bond donors (Lipinski definition) is 1. The number of carbonyl (C=O) groups excluding carboxylic acids is 1. The second kappa shape index (κ2) is 8.34. The molecule has 6 heteroatoms. The average Bonchev–Trinajstić information content (AvgIpc) is 3.23. The lowest BCUT2D eigenvalue weighted by Crippen LogP contribution is -2.41. The van der Waals surface area contributed by atoms with Crippen LogP contribution in [0.25, 0.3) is 10.9 Å². The number of amides is 1. The van der Waals surface area contributed by atoms with Crippen molar-refractivity contribution in [2.24, 2.45) is 0 Å². The summed E-state index contributed by atoms with van der Waals surface area (Å²) in [5.41, 5.74) is 3.98. The largest absolute Gasteiger partial charge is 0.361 e. The fourth-order valence-electron chi connectivity index (χ4n) is 5.00. The van der Waals surface area contributed by atoms with Crippen LogP contribution in [0.2, 0.25) is 10.0 Å². The molecule has 2 atom stereocenters. The third kappa shape index (κ3) is 4.00. The fraction of sp³-hybridized carbons (Fsp3) is 0.320. The van der Waals surface area contributed by atoms with Crippen LogP contribution in [0.15, 0.2) is 60.4 Å². The Hall–Kier alpha value is -2.27. The summed E-state index contributed by atoms with van der Waals surface area (Å²) < 4.78 is 0. The normalized spacial score (nSPS) is 20.8. The van der Waals surface area contributed by atoms with E-state index in [4.69, 9.17) is 23.2 Å². The second-order valence-corrected chi connectivity index (χ2v) is 9.42. The molecule has 1 saturated heterocycles. The molecule has 1 amide bonds. The molecule has 4 nitrogen and oxygen atoms in total. The first-order valence-corrected chi connectivity index (χ1v) is 11.5. The minimum Gasteiger partial charge on any atom is -0.361 e. The van der Waals surface area contributed by atoms with E-state index >= 15 is 0 Å². The number of nitrogens with zero attached hydrogens (tertiary/aromatic N) is 2. The van der Waals surface area contributed by atoms with E-state index in [0.29, 0.717) is 34.2 Å². The van der Waals surface area contributed by atoms with Crippen LogP contribution in [-0.4, -0.2) is 46.4 Å². The molecule has 2 aromatic carbocycles. The quantitative estimate of drug-likeness (QED) is 0.521. The molecule has 31 heavy (non-hydrogen) atoms. The van der Waals surface area contributed by atoms with Crippen molar-refractivity contribution in [1.82, 2.24) is 14.8 Å². The van der Waals surface area contributed by atoms with Gasteiger partial charge < -0.3 is 9.88 Å². The van der Waals surface area contributed by atoms with Gasteiger partial charge in [-0.15, -0.1) is 0 Å². The van der Waals surface area contributed by atoms with E-state index in [1.165, 1.54) is 17.4 Å². The summed E-state index contributed by atoms with van der Waals surface area (Å²) in [7, 11) is 2.18. The van der Waals surface area contributed by atoms with E-state index in [9.17, 15) is 4.79 Å². The number of aromatic nitrogens is 1. The third-order valence-corrected chi connectivity index (χ3v) is 7.14. The lowest BCUT2D eigenvalue weighted by atomic mass is 10.0. The van der Waals surface area contributed by atoms with Gasteiger partial charge in [0.05, 0.1) is 0 Å². The molecule has 0 radical (unpaired) electrons. The lowest BCUT2D eigenvalue weighted by Gasteiger charge is -2.35. The van der Waals surface area contributed by atoms with E-state index in [1.807, 2.05) is 17.0 Å². The minimum absolute atomic E-state index is 0.0422. The van der Waals surface area contributed by atoms with Gasteiger partial charge in [-0.05, 0) is 62.2 Å². The molecule has 2 aliphatic rings. The van der Waals surface area contributed by atoms with Crippen molar-refractivity contribution in [3.8, 4) is 0 Å². The van der Waals surface area contributed by atoms with Crippen LogP contribution in [-0.2, 0) is 6.42 Å². The minimum atomic E-state index is -0.0422. The standard InChI is InChI=1S/C25H25Cl2N3O/c1-29-20-6-7-21(29)14-22(13-20)30(25(31)17-10-18(26)12-19(27)11-17)9-8-16-15-28-24-5-3-2-4-23(16)24/h2-5,10-13,15,20-21,28H,6-9,14H2,1H3. The van der Waals surface area contributed by atoms with Gasteiger partial charge in [-0.1, -0.05) is 41.4 Å². The predicted octanol–water partition coefficient (Wildman–Crippen LogP) is 5.91. The Kier molecular flexibility index (Phi) is 5.55. The number of aromatic amines is 1. The average molecular weight is 454 g/mol. The summed E-state index contributed by atoms with van der Waals surface area (Å²) in [4.78, 5) is 21.4. The Morgan fingerprint density at radius 3 is 2.71 bits per heavy atom. The van der Waals surface area contributed by atoms with Gasteiger partial charge in [0.25, 0.3) is 5.91 Å². The summed E-state index contributed by atoms with van der Waals surface area (Å²) in [6.45, 7) is 0.611. The number of likely N-dealkylation sites (N-methyl/N-ethyl adjacent to an activating group) is 1. The maximum atomic E-state index is 13.6. The molecule has 2 bridgehead atoms. The molecule has 5 rings (SSSR count). The van der Waals surface area contributed by atoms with Crippen LogP contribution in [0.1, 0.15) is 35.2 Å². The fourth-order valence-corrected chi connectivity index (χ4v) is 5.53. The van der Waals surface area contributed by atoms with Gasteiger partial charge in [0.2, 0.25) is 0 Å². The molecule has 160 valence electrons. The highest BCUT2D eigenvalue weighted by Crippen LogP contribution is 2.35. The Bertz CT molecular complexity index is 1150. The molecule has 2 unspecified atom stereocenters. The number of hydrogen-bond acceptors (Lipinski definition) is 2. The maximum absolute atomic E-state index is 13.6. The maximum Gasteiger partial charge on any atom is 0.258 e. The van der Waals surface area contributed by atoms with Crippen LogP contribution in [0, 0.1) is 0 Å². The Balaban J connectivity index is 1.46. The van der Waals surface area contributed by atoms with Crippen LogP contribution in [0.4, 0.5) is 0 Å². The first-order valence-electron chi connectivity index (χ1n) is 10.7. The van der Waals surface area contributed by atoms with Crippen LogP contribution in [0.3, 0.4) is 0 Å². The van der Waals surface area contributed by atoms with Crippen molar-refractivity contribution < 1.29 is 4.79 Å². The number of para-hydroxylation sites is 1. The zero-order valence-corrected chi connectivity index (χ0v) is 19.0. The number of halogens is 2. The summed E-state index contributed by atoms with van der Waals surface area (Å²) >= 11 is 12.4. The van der Waals surface area contributed by atoms with E-state index in [-0.39, 0.29) is 5.91 Å². The highest BCUT2D eigenvalue weighted by Gasteiger charge is 2.36. The van der Waals surface area contributed by atoms with Gasteiger partial charge in [0.15, 0.2) is 0 Å². The van der Waals surface area contributed by atoms with Crippen molar-refractivity contribution in [2.75, 3.05) is 13.6 Å². The first-order chi connectivity index (χ1) is 15.0. The van der Waals surface area contributed by atoms with E-state index < -0.39 is 0 Å². The number of nitrogens with one attached hydrogen (secondary N) is 1. The number of H-pyrrole nitrogens is 1. The molecule has 1 N–H and O–H groups in total. The first kappa shape index (κ1) is 20.6. The van der Waals surface area contributed by atoms with Crippen LogP contribution < -0.4 is 0 Å². The molecule has 0 saturated carbocycles. The van der Waals surface area contributed by atoms with E-state index in [0.717, 1.165) is 30.5 Å². The summed E-state index contributed by atoms with van der Waals surface area (Å²) in [6, 6.07) is 14.2. The lowest BCUT2D eigenvalue weighted by molar-refractivity contribution is 0.0788. The third-order valence-electron chi connectivity index (χ3n) is 6.71. The molecular weight excluding hydrogens is 429 g/mol. The van der Waals surface area contributed by atoms with Crippen LogP contribution in [0.5, 0.6) is 0 Å². The van der Waals surface area contributed by atoms with Gasteiger partial charge in [-0.25, -0.2) is 0 Å². The van der Waals surface area contributed by atoms with E-state index in [1.54, 1.807) is 18.2 Å². The topological polar surface area (TPSA) is 39.3 Å². The van der Waals surface area contributed by atoms with Gasteiger partial charge in [-0.2, -0.15) is 0 Å². The zero-order chi connectivity index (χ0) is 21.5. The summed E-state index contributed by atoms with van der Waals surface area (Å²) in [5, 5.41) is 2.16. The molecule has 0 aliphatic carbocycles. The molecular formula is C25H25Cl2N3O. The molecule has 1 fully saturated rings. The molecule has 3 aromatic rings. The summed E-state index contributed by atoms with van der Waals surface area (Å²) in [5.74, 6) is -0.0422. The Morgan fingerprint density at radius 2 is 1.94 bits per heavy atom. The molecule has 1 aromatic heterocycles. The molecule has 3 heterocycles. The smallest absolute Gasteiger partial charge is 0.258 e. The Morgan fingerprint density at radius 1 is 1.16 bits per heavy atom. The zero-order valence-electron chi connectivity index (χ0n) is 17.4. The van der Waals surface area contributed by atoms with Gasteiger partial charge in [-0.3, -0.25) is 9.69 Å². The van der Waals surface area contributed by atoms with Crippen molar-refractivity contribution in [1.29, 1.82) is 0 Å². The second-order valence-electron chi connectivity index (χ2n) is 8.55. The number of fused-ring (bicyclic) bond motifs is 3. The van der Waals surface area contributed by atoms with Gasteiger partial charge in [0.1, 0.15) is 0 Å². The van der Waals surface area contributed by atoms with Crippen LogP contribution >= 0.6 is 23.2 Å². The number of benzene rings is 2. The molecule has 0 spiro atoms. The van der Waals surface area contributed by atoms with Crippen molar-refractivity contribution >= 4 is 40.0 Å². The monoisotopic (exact) mass is 453 g/mol. The summed E-state index contributed by atoms with van der Waals surface area (Å²) in [6.07, 6.45) is 8.32. The van der Waals surface area contributed by atoms with Crippen molar-refractivity contribution in [3.05, 3.63) is 81.6 Å². The van der Waals surface area contributed by atoms with Gasteiger partial charge in [0, 0.05) is 63.5 Å². The molecule has 2 aliphatic heterocycles. The predicted molar refractivity (Wildman–Crippen MR) is 127 cm³/mol. The number of carbonyl (C=O) groups is 1. The van der Waals surface area contributed by atoms with Gasteiger partial charge >= 0.3 is 0 Å². The highest BCUT2D eigenvalue weighted by atomic mass is 35.5. The Labute approximate surface area is 192 Å².